The Labute approximate surface area is 239 Å². The van der Waals surface area contributed by atoms with Crippen LogP contribution in [0.2, 0.25) is 10.0 Å². The lowest BCUT2D eigenvalue weighted by molar-refractivity contribution is -0.140. The highest BCUT2D eigenvalue weighted by Crippen LogP contribution is 2.28. The number of hydrogen-bond acceptors (Lipinski definition) is 5. The molecule has 3 aromatic carbocycles. The van der Waals surface area contributed by atoms with Crippen LogP contribution in [0.3, 0.4) is 0 Å². The third kappa shape index (κ3) is 7.23. The van der Waals surface area contributed by atoms with Crippen molar-refractivity contribution in [2.75, 3.05) is 25.0 Å². The first-order chi connectivity index (χ1) is 18.5. The van der Waals surface area contributed by atoms with Crippen LogP contribution in [-0.2, 0) is 26.2 Å². The number of ether oxygens (including phenoxy) is 1. The fraction of sp³-hybridized carbons (Fsp3) is 0.286. The van der Waals surface area contributed by atoms with Crippen molar-refractivity contribution >= 4 is 50.7 Å². The summed E-state index contributed by atoms with van der Waals surface area (Å²) in [4.78, 5) is 28.1. The van der Waals surface area contributed by atoms with E-state index in [9.17, 15) is 18.0 Å². The zero-order valence-electron chi connectivity index (χ0n) is 22.1. The van der Waals surface area contributed by atoms with Gasteiger partial charge >= 0.3 is 0 Å². The van der Waals surface area contributed by atoms with Crippen molar-refractivity contribution in [2.45, 2.75) is 37.8 Å². The summed E-state index contributed by atoms with van der Waals surface area (Å²) in [5, 5.41) is 3.25. The number of hydrogen-bond donors (Lipinski definition) is 1. The van der Waals surface area contributed by atoms with Crippen molar-refractivity contribution < 1.29 is 22.7 Å². The maximum Gasteiger partial charge on any atom is 0.264 e. The van der Waals surface area contributed by atoms with Gasteiger partial charge in [-0.25, -0.2) is 8.42 Å². The van der Waals surface area contributed by atoms with Crippen molar-refractivity contribution in [2.24, 2.45) is 0 Å². The average molecular weight is 593 g/mol. The van der Waals surface area contributed by atoms with E-state index in [2.05, 4.69) is 5.32 Å². The fourth-order valence-corrected chi connectivity index (χ4v) is 5.77. The van der Waals surface area contributed by atoms with Crippen LogP contribution in [0.1, 0.15) is 24.5 Å². The molecule has 0 aliphatic rings. The summed E-state index contributed by atoms with van der Waals surface area (Å²) in [6.45, 7) is 3.10. The summed E-state index contributed by atoms with van der Waals surface area (Å²) in [5.41, 5.74) is 1.80. The van der Waals surface area contributed by atoms with E-state index < -0.39 is 28.5 Å². The maximum atomic E-state index is 13.9. The molecular weight excluding hydrogens is 561 g/mol. The van der Waals surface area contributed by atoms with Gasteiger partial charge in [-0.3, -0.25) is 13.9 Å². The highest BCUT2D eigenvalue weighted by atomic mass is 35.5. The number of rotatable bonds is 11. The number of nitrogens with zero attached hydrogens (tertiary/aromatic N) is 2. The van der Waals surface area contributed by atoms with E-state index in [1.807, 2.05) is 6.92 Å². The van der Waals surface area contributed by atoms with Gasteiger partial charge in [-0.15, -0.1) is 0 Å². The Bertz CT molecular complexity index is 1410. The predicted molar refractivity (Wildman–Crippen MR) is 154 cm³/mol. The molecule has 0 bridgehead atoms. The first kappa shape index (κ1) is 30.3. The molecule has 2 amide bonds. The van der Waals surface area contributed by atoms with Gasteiger partial charge in [0.1, 0.15) is 18.3 Å². The fourth-order valence-electron chi connectivity index (χ4n) is 4.04. The molecule has 0 saturated heterocycles. The molecule has 1 N–H and O–H groups in total. The Kier molecular flexibility index (Phi) is 10.2. The molecular formula is C28H31Cl2N3O5S. The number of aryl methyl sites for hydroxylation is 1. The third-order valence-electron chi connectivity index (χ3n) is 6.22. The minimum atomic E-state index is -4.16. The monoisotopic (exact) mass is 591 g/mol. The summed E-state index contributed by atoms with van der Waals surface area (Å²) in [7, 11) is -1.17. The van der Waals surface area contributed by atoms with Gasteiger partial charge in [0, 0.05) is 13.6 Å². The number of methoxy groups -OCH3 is 1. The number of anilines is 1. The van der Waals surface area contributed by atoms with Gasteiger partial charge < -0.3 is 15.0 Å². The Morgan fingerprint density at radius 2 is 1.62 bits per heavy atom. The number of carbonyl (C=O) groups is 2. The second kappa shape index (κ2) is 13.2. The lowest BCUT2D eigenvalue weighted by Crippen LogP contribution is -2.51. The Hall–Kier alpha value is -3.27. The molecule has 3 aromatic rings. The molecule has 208 valence electrons. The van der Waals surface area contributed by atoms with Gasteiger partial charge in [0.15, 0.2) is 0 Å². The molecule has 0 spiro atoms. The largest absolute Gasteiger partial charge is 0.497 e. The molecule has 1 unspecified atom stereocenters. The van der Waals surface area contributed by atoms with Crippen molar-refractivity contribution in [1.82, 2.24) is 10.2 Å². The van der Waals surface area contributed by atoms with Crippen LogP contribution in [0.4, 0.5) is 5.69 Å². The zero-order valence-corrected chi connectivity index (χ0v) is 24.5. The topological polar surface area (TPSA) is 96.0 Å². The number of benzene rings is 3. The van der Waals surface area contributed by atoms with Crippen LogP contribution in [0.25, 0.3) is 0 Å². The van der Waals surface area contributed by atoms with Crippen LogP contribution in [0.5, 0.6) is 5.75 Å². The molecule has 0 radical (unpaired) electrons. The standard InChI is InChI=1S/C28H31Cl2N3O5S/c1-5-26(28(35)31-3)32(17-20-8-15-24(29)25(30)16-20)27(34)18-33(21-9-11-22(38-4)12-10-21)39(36,37)23-13-6-19(2)7-14-23/h6-16,26H,5,17-18H2,1-4H3,(H,31,35). The summed E-state index contributed by atoms with van der Waals surface area (Å²) in [6.07, 6.45) is 0.306. The maximum absolute atomic E-state index is 13.9. The van der Waals surface area contributed by atoms with Crippen molar-refractivity contribution in [3.05, 3.63) is 87.9 Å². The Morgan fingerprint density at radius 3 is 2.15 bits per heavy atom. The number of carbonyl (C=O) groups excluding carboxylic acids is 2. The predicted octanol–water partition coefficient (Wildman–Crippen LogP) is 5.06. The number of sulfonamides is 1. The summed E-state index contributed by atoms with van der Waals surface area (Å²) in [5.74, 6) is -0.406. The normalized spacial score (nSPS) is 11.9. The molecule has 1 atom stereocenters. The Balaban J connectivity index is 2.07. The molecule has 0 aliphatic heterocycles. The molecule has 3 rings (SSSR count). The molecule has 0 aromatic heterocycles. The summed E-state index contributed by atoms with van der Waals surface area (Å²) < 4.78 is 33.9. The quantitative estimate of drug-likeness (QED) is 0.336. The van der Waals surface area contributed by atoms with Gasteiger partial charge in [0.25, 0.3) is 10.0 Å². The van der Waals surface area contributed by atoms with Crippen LogP contribution in [0, 0.1) is 6.92 Å². The van der Waals surface area contributed by atoms with Crippen molar-refractivity contribution in [1.29, 1.82) is 0 Å². The first-order valence-corrected chi connectivity index (χ1v) is 14.4. The van der Waals surface area contributed by atoms with Gasteiger partial charge in [0.05, 0.1) is 27.7 Å². The highest BCUT2D eigenvalue weighted by Gasteiger charge is 2.33. The molecule has 0 heterocycles. The van der Waals surface area contributed by atoms with E-state index in [-0.39, 0.29) is 23.0 Å². The SMILES string of the molecule is CCC(C(=O)NC)N(Cc1ccc(Cl)c(Cl)c1)C(=O)CN(c1ccc(OC)cc1)S(=O)(=O)c1ccc(C)cc1. The minimum Gasteiger partial charge on any atom is -0.497 e. The second-order valence-electron chi connectivity index (χ2n) is 8.83. The van der Waals surface area contributed by atoms with Crippen LogP contribution in [-0.4, -0.2) is 51.9 Å². The smallest absolute Gasteiger partial charge is 0.264 e. The molecule has 8 nitrogen and oxygen atoms in total. The molecule has 39 heavy (non-hydrogen) atoms. The van der Waals surface area contributed by atoms with Gasteiger partial charge in [-0.2, -0.15) is 0 Å². The number of nitrogens with one attached hydrogen (secondary N) is 1. The third-order valence-corrected chi connectivity index (χ3v) is 8.74. The molecule has 11 heteroatoms. The summed E-state index contributed by atoms with van der Waals surface area (Å²) in [6, 6.07) is 16.8. The van der Waals surface area contributed by atoms with Gasteiger partial charge in [0.2, 0.25) is 11.8 Å². The van der Waals surface area contributed by atoms with Crippen LogP contribution >= 0.6 is 23.2 Å². The first-order valence-electron chi connectivity index (χ1n) is 12.2. The number of halogens is 2. The van der Waals surface area contributed by atoms with Crippen LogP contribution < -0.4 is 14.4 Å². The van der Waals surface area contributed by atoms with E-state index in [1.54, 1.807) is 61.5 Å². The minimum absolute atomic E-state index is 0.0165. The Morgan fingerprint density at radius 1 is 0.974 bits per heavy atom. The number of amides is 2. The lowest BCUT2D eigenvalue weighted by atomic mass is 10.1. The van der Waals surface area contributed by atoms with E-state index in [0.29, 0.717) is 27.8 Å². The van der Waals surface area contributed by atoms with Crippen molar-refractivity contribution in [3.63, 3.8) is 0 Å². The molecule has 0 fully saturated rings. The van der Waals surface area contributed by atoms with Crippen molar-refractivity contribution in [3.8, 4) is 5.75 Å². The van der Waals surface area contributed by atoms with E-state index in [0.717, 1.165) is 9.87 Å². The summed E-state index contributed by atoms with van der Waals surface area (Å²) >= 11 is 12.3. The average Bonchev–Trinajstić information content (AvgIpc) is 2.93. The molecule has 0 saturated carbocycles. The van der Waals surface area contributed by atoms with Gasteiger partial charge in [-0.1, -0.05) is 53.9 Å². The van der Waals surface area contributed by atoms with E-state index in [4.69, 9.17) is 27.9 Å². The molecule has 0 aliphatic carbocycles. The van der Waals surface area contributed by atoms with Gasteiger partial charge in [-0.05, 0) is 67.4 Å². The second-order valence-corrected chi connectivity index (χ2v) is 11.5. The van der Waals surface area contributed by atoms with E-state index >= 15 is 0 Å². The highest BCUT2D eigenvalue weighted by molar-refractivity contribution is 7.92. The zero-order chi connectivity index (χ0) is 28.7. The van der Waals surface area contributed by atoms with Crippen LogP contribution in [0.15, 0.2) is 71.6 Å². The number of likely N-dealkylation sites (N-methyl/N-ethyl adjacent to an activating group) is 1. The lowest BCUT2D eigenvalue weighted by Gasteiger charge is -2.33. The van der Waals surface area contributed by atoms with E-state index in [1.165, 1.54) is 31.2 Å².